The van der Waals surface area contributed by atoms with Crippen LogP contribution in [0.15, 0.2) is 17.1 Å². The normalized spacial score (nSPS) is 11.7. The number of hydrogen-bond donors (Lipinski definition) is 3. The summed E-state index contributed by atoms with van der Waals surface area (Å²) in [6, 6.07) is 3.01. The van der Waals surface area contributed by atoms with E-state index in [0.717, 1.165) is 5.06 Å². The van der Waals surface area contributed by atoms with Crippen molar-refractivity contribution in [1.29, 1.82) is 5.41 Å². The van der Waals surface area contributed by atoms with Crippen LogP contribution in [-0.4, -0.2) is 36.2 Å². The summed E-state index contributed by atoms with van der Waals surface area (Å²) >= 11 is 17.8. The predicted molar refractivity (Wildman–Crippen MR) is 98.0 cm³/mol. The molecule has 24 heavy (non-hydrogen) atoms. The van der Waals surface area contributed by atoms with Crippen LogP contribution >= 0.6 is 34.8 Å². The van der Waals surface area contributed by atoms with E-state index in [0.29, 0.717) is 33.8 Å². The number of ether oxygens (including phenoxy) is 1. The Kier molecular flexibility index (Phi) is 8.41. The van der Waals surface area contributed by atoms with Gasteiger partial charge in [0.2, 0.25) is 11.9 Å². The summed E-state index contributed by atoms with van der Waals surface area (Å²) in [6.45, 7) is 4.22. The maximum atomic E-state index is 7.46. The molecule has 0 aliphatic carbocycles. The molecule has 1 rings (SSSR count). The Morgan fingerprint density at radius 1 is 1.17 bits per heavy atom. The van der Waals surface area contributed by atoms with E-state index >= 15 is 0 Å². The molecule has 5 N–H and O–H groups in total. The lowest BCUT2D eigenvalue weighted by molar-refractivity contribution is -0.0489. The molecule has 1 aromatic rings. The Labute approximate surface area is 155 Å². The number of halogens is 3. The van der Waals surface area contributed by atoms with Crippen molar-refractivity contribution >= 4 is 46.7 Å². The fraction of sp³-hybridized carbons (Fsp3) is 0.429. The number of guanidine groups is 2. The summed E-state index contributed by atoms with van der Waals surface area (Å²) in [4.78, 5) is 9.42. The molecule has 0 aliphatic heterocycles. The summed E-state index contributed by atoms with van der Waals surface area (Å²) < 4.78 is 5.52. The van der Waals surface area contributed by atoms with Crippen molar-refractivity contribution < 1.29 is 9.57 Å². The van der Waals surface area contributed by atoms with Crippen molar-refractivity contribution in [2.75, 3.05) is 13.2 Å². The van der Waals surface area contributed by atoms with E-state index in [2.05, 4.69) is 4.99 Å². The van der Waals surface area contributed by atoms with Crippen LogP contribution < -0.4 is 16.2 Å². The molecule has 0 heterocycles. The van der Waals surface area contributed by atoms with Gasteiger partial charge in [-0.25, -0.2) is 4.99 Å². The highest BCUT2D eigenvalue weighted by Crippen LogP contribution is 2.33. The first-order valence-corrected chi connectivity index (χ1v) is 8.23. The van der Waals surface area contributed by atoms with Crippen molar-refractivity contribution in [3.05, 3.63) is 27.2 Å². The number of rotatable bonds is 7. The molecule has 0 aromatic heterocycles. The number of hydroxylamine groups is 2. The van der Waals surface area contributed by atoms with Gasteiger partial charge in [-0.2, -0.15) is 5.06 Å². The molecule has 0 amide bonds. The first-order valence-electron chi connectivity index (χ1n) is 7.10. The second kappa shape index (κ2) is 9.78. The lowest BCUT2D eigenvalue weighted by Crippen LogP contribution is -2.46. The number of nitrogens with one attached hydrogen (secondary N) is 1. The van der Waals surface area contributed by atoms with E-state index in [4.69, 9.17) is 61.3 Å². The summed E-state index contributed by atoms with van der Waals surface area (Å²) in [7, 11) is 0. The third kappa shape index (κ3) is 6.60. The molecule has 0 saturated carbocycles. The van der Waals surface area contributed by atoms with E-state index in [1.54, 1.807) is 6.07 Å². The van der Waals surface area contributed by atoms with Crippen molar-refractivity contribution in [2.45, 2.75) is 26.3 Å². The fourth-order valence-corrected chi connectivity index (χ4v) is 2.18. The molecule has 10 heteroatoms. The molecule has 0 aliphatic rings. The van der Waals surface area contributed by atoms with E-state index in [1.807, 2.05) is 13.8 Å². The average Bonchev–Trinajstić information content (AvgIpc) is 2.46. The Morgan fingerprint density at radius 3 is 2.38 bits per heavy atom. The van der Waals surface area contributed by atoms with Gasteiger partial charge < -0.3 is 16.2 Å². The van der Waals surface area contributed by atoms with Crippen LogP contribution in [0, 0.1) is 5.41 Å². The number of hydrogen-bond acceptors (Lipinski definition) is 4. The van der Waals surface area contributed by atoms with Gasteiger partial charge in [0.1, 0.15) is 5.75 Å². The van der Waals surface area contributed by atoms with E-state index in [1.165, 1.54) is 6.07 Å². The molecule has 1 aromatic carbocycles. The van der Waals surface area contributed by atoms with Crippen LogP contribution in [0.4, 0.5) is 0 Å². The summed E-state index contributed by atoms with van der Waals surface area (Å²) in [6.07, 6.45) is 0.495. The highest BCUT2D eigenvalue weighted by atomic mass is 35.5. The SMILES string of the molecule is CC(C)N=C(N)N(OCCCOc1cc(Cl)c(Cl)cc1Cl)C(=N)N. The second-order valence-corrected chi connectivity index (χ2v) is 6.21. The largest absolute Gasteiger partial charge is 0.492 e. The van der Waals surface area contributed by atoms with Crippen molar-refractivity contribution in [3.63, 3.8) is 0 Å². The van der Waals surface area contributed by atoms with Crippen LogP contribution in [0.1, 0.15) is 20.3 Å². The van der Waals surface area contributed by atoms with Crippen molar-refractivity contribution in [1.82, 2.24) is 5.06 Å². The summed E-state index contributed by atoms with van der Waals surface area (Å²) in [5, 5.41) is 9.49. The zero-order chi connectivity index (χ0) is 18.3. The highest BCUT2D eigenvalue weighted by molar-refractivity contribution is 6.43. The lowest BCUT2D eigenvalue weighted by Gasteiger charge is -2.21. The smallest absolute Gasteiger partial charge is 0.223 e. The maximum Gasteiger partial charge on any atom is 0.223 e. The molecule has 0 unspecified atom stereocenters. The second-order valence-electron chi connectivity index (χ2n) is 4.99. The van der Waals surface area contributed by atoms with E-state index in [-0.39, 0.29) is 24.6 Å². The molecule has 0 radical (unpaired) electrons. The Morgan fingerprint density at radius 2 is 1.79 bits per heavy atom. The van der Waals surface area contributed by atoms with Gasteiger partial charge >= 0.3 is 0 Å². The zero-order valence-electron chi connectivity index (χ0n) is 13.4. The number of nitrogens with zero attached hydrogens (tertiary/aromatic N) is 2. The number of benzene rings is 1. The van der Waals surface area contributed by atoms with Gasteiger partial charge in [0, 0.05) is 18.5 Å². The van der Waals surface area contributed by atoms with Crippen LogP contribution in [0.5, 0.6) is 5.75 Å². The Balaban J connectivity index is 2.47. The number of nitrogens with two attached hydrogens (primary N) is 2. The Bertz CT molecular complexity index is 610. The standard InChI is InChI=1S/C14H20Cl3N5O2/c1-8(2)21-14(20)22(13(18)19)24-5-3-4-23-12-7-10(16)9(15)6-11(12)17/h6-8H,3-5H2,1-2H3,(H3,18,19)(H2,20,21). The molecular formula is C14H20Cl3N5O2. The first-order chi connectivity index (χ1) is 11.2. The monoisotopic (exact) mass is 395 g/mol. The fourth-order valence-electron chi connectivity index (χ4n) is 1.59. The maximum absolute atomic E-state index is 7.46. The van der Waals surface area contributed by atoms with Crippen LogP contribution in [0.3, 0.4) is 0 Å². The average molecular weight is 397 g/mol. The number of aliphatic imine (C=N–C) groups is 1. The van der Waals surface area contributed by atoms with Crippen LogP contribution in [0.25, 0.3) is 0 Å². The van der Waals surface area contributed by atoms with Gasteiger partial charge in [-0.3, -0.25) is 10.2 Å². The van der Waals surface area contributed by atoms with Gasteiger partial charge in [-0.1, -0.05) is 34.8 Å². The summed E-state index contributed by atoms with van der Waals surface area (Å²) in [5.74, 6) is 0.0895. The third-order valence-electron chi connectivity index (χ3n) is 2.56. The van der Waals surface area contributed by atoms with E-state index in [9.17, 15) is 0 Å². The Hall–Kier alpha value is -1.41. The van der Waals surface area contributed by atoms with Gasteiger partial charge in [0.25, 0.3) is 0 Å². The molecule has 0 fully saturated rings. The minimum absolute atomic E-state index is 0.0194. The molecule has 0 saturated heterocycles. The van der Waals surface area contributed by atoms with Gasteiger partial charge in [-0.15, -0.1) is 0 Å². The zero-order valence-corrected chi connectivity index (χ0v) is 15.6. The predicted octanol–water partition coefficient (Wildman–Crippen LogP) is 3.27. The van der Waals surface area contributed by atoms with Crippen LogP contribution in [-0.2, 0) is 4.84 Å². The lowest BCUT2D eigenvalue weighted by atomic mass is 10.3. The highest BCUT2D eigenvalue weighted by Gasteiger charge is 2.13. The molecular weight excluding hydrogens is 377 g/mol. The quantitative estimate of drug-likeness (QED) is 0.215. The first kappa shape index (κ1) is 20.6. The minimum Gasteiger partial charge on any atom is -0.492 e. The molecule has 0 atom stereocenters. The third-order valence-corrected chi connectivity index (χ3v) is 3.58. The molecule has 0 bridgehead atoms. The molecule has 134 valence electrons. The molecule has 0 spiro atoms. The molecule has 7 nitrogen and oxygen atoms in total. The van der Waals surface area contributed by atoms with Gasteiger partial charge in [0.05, 0.1) is 28.3 Å². The van der Waals surface area contributed by atoms with Crippen LogP contribution in [0.2, 0.25) is 15.1 Å². The van der Waals surface area contributed by atoms with Gasteiger partial charge in [-0.05, 0) is 19.9 Å². The van der Waals surface area contributed by atoms with Crippen molar-refractivity contribution in [3.8, 4) is 5.75 Å². The topological polar surface area (TPSA) is 110 Å². The van der Waals surface area contributed by atoms with E-state index < -0.39 is 0 Å². The van der Waals surface area contributed by atoms with Gasteiger partial charge in [0.15, 0.2) is 0 Å². The summed E-state index contributed by atoms with van der Waals surface area (Å²) in [5.41, 5.74) is 11.1. The van der Waals surface area contributed by atoms with Crippen molar-refractivity contribution in [2.24, 2.45) is 16.5 Å². The minimum atomic E-state index is -0.356.